The zero-order valence-corrected chi connectivity index (χ0v) is 14.5. The smallest absolute Gasteiger partial charge is 0.133 e. The highest BCUT2D eigenvalue weighted by Crippen LogP contribution is 2.42. The van der Waals surface area contributed by atoms with E-state index in [2.05, 4.69) is 20.9 Å². The van der Waals surface area contributed by atoms with Crippen molar-refractivity contribution in [3.8, 4) is 0 Å². The Morgan fingerprint density at radius 3 is 2.92 bits per heavy atom. The van der Waals surface area contributed by atoms with Crippen LogP contribution in [0.3, 0.4) is 0 Å². The van der Waals surface area contributed by atoms with Gasteiger partial charge in [-0.3, -0.25) is 4.99 Å². The summed E-state index contributed by atoms with van der Waals surface area (Å²) in [5.41, 5.74) is 1.98. The third kappa shape index (κ3) is 2.76. The maximum absolute atomic E-state index is 6.34. The molecule has 4 rings (SSSR count). The molecule has 1 N–H and O–H groups in total. The molecule has 1 aliphatic heterocycles. The maximum atomic E-state index is 6.34. The van der Waals surface area contributed by atoms with Crippen molar-refractivity contribution in [1.29, 1.82) is 0 Å². The van der Waals surface area contributed by atoms with Gasteiger partial charge in [0.05, 0.1) is 22.1 Å². The number of nitrogens with one attached hydrogen (secondary N) is 1. The quantitative estimate of drug-likeness (QED) is 0.652. The lowest BCUT2D eigenvalue weighted by molar-refractivity contribution is 0.615. The van der Waals surface area contributed by atoms with E-state index >= 15 is 0 Å². The molecule has 24 heavy (non-hydrogen) atoms. The highest BCUT2D eigenvalue weighted by molar-refractivity contribution is 6.44. The molecule has 0 radical (unpaired) electrons. The fourth-order valence-corrected chi connectivity index (χ4v) is 3.62. The Kier molecular flexibility index (Phi) is 4.17. The van der Waals surface area contributed by atoms with E-state index in [4.69, 9.17) is 28.2 Å². The number of anilines is 1. The summed E-state index contributed by atoms with van der Waals surface area (Å²) in [4.78, 5) is 8.78. The van der Waals surface area contributed by atoms with E-state index in [-0.39, 0.29) is 0 Å². The van der Waals surface area contributed by atoms with E-state index in [9.17, 15) is 0 Å². The molecule has 0 amide bonds. The Labute approximate surface area is 150 Å². The van der Waals surface area contributed by atoms with Crippen molar-refractivity contribution < 1.29 is 0 Å². The van der Waals surface area contributed by atoms with Gasteiger partial charge in [-0.15, -0.1) is 0 Å². The summed E-state index contributed by atoms with van der Waals surface area (Å²) in [7, 11) is 0. The van der Waals surface area contributed by atoms with Crippen LogP contribution in [0.15, 0.2) is 48.0 Å². The lowest BCUT2D eigenvalue weighted by Crippen LogP contribution is -2.08. The Morgan fingerprint density at radius 1 is 1.17 bits per heavy atom. The van der Waals surface area contributed by atoms with Crippen molar-refractivity contribution >= 4 is 45.5 Å². The number of halogens is 2. The molecular formula is C18H16Cl2N4. The molecule has 0 atom stereocenters. The predicted octanol–water partition coefficient (Wildman–Crippen LogP) is 5.00. The minimum Gasteiger partial charge on any atom is -0.338 e. The van der Waals surface area contributed by atoms with E-state index in [1.807, 2.05) is 24.7 Å². The number of aliphatic imine (C=N–C) groups is 1. The van der Waals surface area contributed by atoms with Crippen molar-refractivity contribution in [2.45, 2.75) is 19.4 Å². The molecule has 4 nitrogen and oxygen atoms in total. The van der Waals surface area contributed by atoms with Crippen molar-refractivity contribution in [1.82, 2.24) is 9.55 Å². The molecule has 6 heteroatoms. The Morgan fingerprint density at radius 2 is 2.08 bits per heavy atom. The van der Waals surface area contributed by atoms with Gasteiger partial charge in [-0.1, -0.05) is 41.4 Å². The number of benzene rings is 2. The predicted molar refractivity (Wildman–Crippen MR) is 100 cm³/mol. The van der Waals surface area contributed by atoms with Crippen LogP contribution in [-0.4, -0.2) is 21.9 Å². The topological polar surface area (TPSA) is 42.2 Å². The molecule has 0 fully saturated rings. The molecule has 0 aliphatic carbocycles. The molecule has 0 saturated carbocycles. The third-order valence-electron chi connectivity index (χ3n) is 4.22. The van der Waals surface area contributed by atoms with Gasteiger partial charge in [0.1, 0.15) is 5.84 Å². The second kappa shape index (κ2) is 6.46. The molecule has 122 valence electrons. The highest BCUT2D eigenvalue weighted by Gasteiger charge is 2.23. The fourth-order valence-electron chi connectivity index (χ4n) is 3.05. The average Bonchev–Trinajstić information content (AvgIpc) is 3.21. The maximum Gasteiger partial charge on any atom is 0.133 e. The molecule has 2 aromatic carbocycles. The van der Waals surface area contributed by atoms with Crippen LogP contribution in [0.1, 0.15) is 18.4 Å². The zero-order chi connectivity index (χ0) is 16.5. The lowest BCUT2D eigenvalue weighted by atomic mass is 10.1. The summed E-state index contributed by atoms with van der Waals surface area (Å²) < 4.78 is 2.08. The van der Waals surface area contributed by atoms with Gasteiger partial charge in [0.25, 0.3) is 0 Å². The normalized spacial score (nSPS) is 14.5. The van der Waals surface area contributed by atoms with E-state index in [0.717, 1.165) is 53.8 Å². The summed E-state index contributed by atoms with van der Waals surface area (Å²) in [6.07, 6.45) is 7.71. The summed E-state index contributed by atoms with van der Waals surface area (Å²) in [6, 6.07) is 7.86. The van der Waals surface area contributed by atoms with E-state index in [1.54, 1.807) is 12.3 Å². The van der Waals surface area contributed by atoms with Crippen LogP contribution in [-0.2, 0) is 6.54 Å². The summed E-state index contributed by atoms with van der Waals surface area (Å²) in [5, 5.41) is 6.72. The first-order valence-corrected chi connectivity index (χ1v) is 8.68. The number of imidazole rings is 1. The van der Waals surface area contributed by atoms with Crippen LogP contribution in [0.2, 0.25) is 10.0 Å². The molecule has 3 aromatic rings. The van der Waals surface area contributed by atoms with E-state index in [0.29, 0.717) is 10.0 Å². The summed E-state index contributed by atoms with van der Waals surface area (Å²) >= 11 is 12.7. The molecule has 0 bridgehead atoms. The van der Waals surface area contributed by atoms with Crippen LogP contribution in [0, 0.1) is 0 Å². The summed E-state index contributed by atoms with van der Waals surface area (Å²) in [5.74, 6) is 0.877. The number of rotatable bonds is 5. The van der Waals surface area contributed by atoms with Gasteiger partial charge in [0, 0.05) is 41.8 Å². The number of unbranched alkanes of at least 4 members (excludes halogenated alkanes) is 1. The number of aryl methyl sites for hydroxylation is 1. The first-order chi connectivity index (χ1) is 11.7. The van der Waals surface area contributed by atoms with Crippen LogP contribution in [0.5, 0.6) is 0 Å². The van der Waals surface area contributed by atoms with Gasteiger partial charge in [-0.2, -0.15) is 0 Å². The monoisotopic (exact) mass is 358 g/mol. The molecular weight excluding hydrogens is 343 g/mol. The first-order valence-electron chi connectivity index (χ1n) is 7.92. The fraction of sp³-hybridized carbons (Fsp3) is 0.222. The van der Waals surface area contributed by atoms with Crippen molar-refractivity contribution in [3.05, 3.63) is 58.6 Å². The zero-order valence-electron chi connectivity index (χ0n) is 13.0. The molecule has 0 unspecified atom stereocenters. The molecule has 1 aliphatic rings. The molecule has 0 spiro atoms. The van der Waals surface area contributed by atoms with Gasteiger partial charge in [0.2, 0.25) is 0 Å². The van der Waals surface area contributed by atoms with Gasteiger partial charge in [0.15, 0.2) is 0 Å². The van der Waals surface area contributed by atoms with Gasteiger partial charge < -0.3 is 9.88 Å². The number of amidine groups is 1. The highest BCUT2D eigenvalue weighted by atomic mass is 35.5. The number of hydrogen-bond donors (Lipinski definition) is 1. The minimum atomic E-state index is 0.630. The minimum absolute atomic E-state index is 0.630. The lowest BCUT2D eigenvalue weighted by Gasteiger charge is -2.04. The van der Waals surface area contributed by atoms with Crippen molar-refractivity contribution in [2.75, 3.05) is 11.9 Å². The number of hydrogen-bond acceptors (Lipinski definition) is 2. The first kappa shape index (κ1) is 15.5. The van der Waals surface area contributed by atoms with Gasteiger partial charge in [-0.05, 0) is 18.9 Å². The molecule has 2 heterocycles. The second-order valence-corrected chi connectivity index (χ2v) is 6.62. The van der Waals surface area contributed by atoms with Crippen molar-refractivity contribution in [2.24, 2.45) is 4.99 Å². The van der Waals surface area contributed by atoms with Crippen LogP contribution in [0.25, 0.3) is 10.8 Å². The standard InChI is InChI=1S/C18H16Cl2N4/c19-14-10-15(20)17-16-12(14)4-3-5-13(16)18(23-17)22-6-1-2-8-24-9-7-21-11-24/h3-5,7,9-11H,1-2,6,8H2,(H,22,23). The summed E-state index contributed by atoms with van der Waals surface area (Å²) in [6.45, 7) is 1.74. The third-order valence-corrected chi connectivity index (χ3v) is 4.83. The Hall–Kier alpha value is -2.04. The van der Waals surface area contributed by atoms with E-state index in [1.165, 1.54) is 0 Å². The molecule has 0 saturated heterocycles. The van der Waals surface area contributed by atoms with Crippen LogP contribution >= 0.6 is 23.2 Å². The number of nitrogens with zero attached hydrogens (tertiary/aromatic N) is 3. The largest absolute Gasteiger partial charge is 0.338 e. The van der Waals surface area contributed by atoms with Crippen LogP contribution < -0.4 is 5.32 Å². The number of aromatic nitrogens is 2. The van der Waals surface area contributed by atoms with Gasteiger partial charge in [-0.25, -0.2) is 4.98 Å². The van der Waals surface area contributed by atoms with Gasteiger partial charge >= 0.3 is 0 Å². The van der Waals surface area contributed by atoms with Crippen molar-refractivity contribution in [3.63, 3.8) is 0 Å². The molecule has 1 aromatic heterocycles. The second-order valence-electron chi connectivity index (χ2n) is 5.81. The van der Waals surface area contributed by atoms with E-state index < -0.39 is 0 Å². The SMILES string of the molecule is Clc1cc(Cl)c2cccc3c2c1NC3=NCCCCn1ccnc1. The Bertz CT molecular complexity index is 916. The average molecular weight is 359 g/mol. The Balaban J connectivity index is 1.50. The van der Waals surface area contributed by atoms with Crippen LogP contribution in [0.4, 0.5) is 5.69 Å².